The Kier molecular flexibility index (Phi) is 5.20. The Morgan fingerprint density at radius 1 is 1.07 bits per heavy atom. The molecule has 140 valence electrons. The van der Waals surface area contributed by atoms with Gasteiger partial charge in [-0.3, -0.25) is 9.78 Å². The average molecular weight is 391 g/mol. The van der Waals surface area contributed by atoms with Crippen LogP contribution in [0.5, 0.6) is 0 Å². The molecule has 0 radical (unpaired) electrons. The van der Waals surface area contributed by atoms with E-state index in [1.54, 1.807) is 29.9 Å². The average Bonchev–Trinajstić information content (AvgIpc) is 3.43. The van der Waals surface area contributed by atoms with E-state index in [9.17, 15) is 4.79 Å². The molecule has 7 nitrogen and oxygen atoms in total. The lowest BCUT2D eigenvalue weighted by molar-refractivity contribution is 0.0950. The quantitative estimate of drug-likeness (QED) is 0.538. The molecule has 0 aliphatic rings. The van der Waals surface area contributed by atoms with Crippen LogP contribution in [-0.2, 0) is 13.0 Å². The van der Waals surface area contributed by atoms with E-state index in [-0.39, 0.29) is 11.8 Å². The predicted octanol–water partition coefficient (Wildman–Crippen LogP) is 3.75. The lowest BCUT2D eigenvalue weighted by Crippen LogP contribution is -2.22. The molecule has 0 saturated heterocycles. The Hall–Kier alpha value is -3.39. The van der Waals surface area contributed by atoms with Gasteiger partial charge in [0.25, 0.3) is 11.8 Å². The summed E-state index contributed by atoms with van der Waals surface area (Å²) in [7, 11) is 0. The fourth-order valence-corrected chi connectivity index (χ4v) is 3.28. The first-order valence-corrected chi connectivity index (χ1v) is 9.67. The molecular formula is C20H17N5O2S. The summed E-state index contributed by atoms with van der Waals surface area (Å²) in [5.74, 6) is 0.494. The van der Waals surface area contributed by atoms with Crippen molar-refractivity contribution in [3.8, 4) is 23.0 Å². The van der Waals surface area contributed by atoms with E-state index in [1.165, 1.54) is 16.9 Å². The van der Waals surface area contributed by atoms with Crippen molar-refractivity contribution in [2.45, 2.75) is 19.9 Å². The SMILES string of the molecule is CCc1ccc(CNC(=O)c2nc(-c3nc(-c4ccncc4)no3)cs2)cc1. The van der Waals surface area contributed by atoms with E-state index < -0.39 is 0 Å². The van der Waals surface area contributed by atoms with Gasteiger partial charge in [0.15, 0.2) is 5.01 Å². The lowest BCUT2D eigenvalue weighted by atomic mass is 10.1. The molecule has 0 aliphatic carbocycles. The van der Waals surface area contributed by atoms with Crippen LogP contribution in [0.25, 0.3) is 23.0 Å². The van der Waals surface area contributed by atoms with E-state index in [0.717, 1.165) is 17.5 Å². The number of aromatic nitrogens is 4. The molecule has 0 bridgehead atoms. The van der Waals surface area contributed by atoms with Crippen LogP contribution in [0.1, 0.15) is 27.9 Å². The molecule has 3 aromatic heterocycles. The monoisotopic (exact) mass is 391 g/mol. The first kappa shape index (κ1) is 18.0. The molecule has 0 spiro atoms. The molecule has 0 atom stereocenters. The minimum Gasteiger partial charge on any atom is -0.346 e. The summed E-state index contributed by atoms with van der Waals surface area (Å²) in [5, 5.41) is 8.92. The van der Waals surface area contributed by atoms with E-state index >= 15 is 0 Å². The third-order valence-corrected chi connectivity index (χ3v) is 5.01. The van der Waals surface area contributed by atoms with Crippen molar-refractivity contribution in [2.75, 3.05) is 0 Å². The van der Waals surface area contributed by atoms with Crippen molar-refractivity contribution in [3.05, 3.63) is 70.3 Å². The second kappa shape index (κ2) is 8.10. The van der Waals surface area contributed by atoms with Crippen LogP contribution in [-0.4, -0.2) is 26.0 Å². The molecule has 4 aromatic rings. The zero-order valence-corrected chi connectivity index (χ0v) is 15.9. The zero-order chi connectivity index (χ0) is 19.3. The van der Waals surface area contributed by atoms with Gasteiger partial charge in [0.1, 0.15) is 5.69 Å². The number of thiazole rings is 1. The summed E-state index contributed by atoms with van der Waals surface area (Å²) in [6.07, 6.45) is 4.31. The van der Waals surface area contributed by atoms with Crippen molar-refractivity contribution in [2.24, 2.45) is 0 Å². The molecule has 1 aromatic carbocycles. The van der Waals surface area contributed by atoms with Crippen LogP contribution >= 0.6 is 11.3 Å². The minimum absolute atomic E-state index is 0.232. The Labute approximate surface area is 165 Å². The highest BCUT2D eigenvalue weighted by Gasteiger charge is 2.17. The zero-order valence-electron chi connectivity index (χ0n) is 15.1. The summed E-state index contributed by atoms with van der Waals surface area (Å²) in [6.45, 7) is 2.56. The van der Waals surface area contributed by atoms with E-state index in [4.69, 9.17) is 4.52 Å². The van der Waals surface area contributed by atoms with E-state index in [1.807, 2.05) is 12.1 Å². The highest BCUT2D eigenvalue weighted by Crippen LogP contribution is 2.23. The summed E-state index contributed by atoms with van der Waals surface area (Å²) < 4.78 is 5.28. The third-order valence-electron chi connectivity index (χ3n) is 4.17. The van der Waals surface area contributed by atoms with E-state index in [2.05, 4.69) is 44.5 Å². The number of aryl methyl sites for hydroxylation is 1. The van der Waals surface area contributed by atoms with Crippen LogP contribution in [0.4, 0.5) is 0 Å². The number of nitrogens with zero attached hydrogens (tertiary/aromatic N) is 4. The number of carbonyl (C=O) groups excluding carboxylic acids is 1. The number of carbonyl (C=O) groups is 1. The third kappa shape index (κ3) is 3.96. The molecule has 4 rings (SSSR count). The molecular weight excluding hydrogens is 374 g/mol. The Bertz CT molecular complexity index is 1070. The maximum atomic E-state index is 12.4. The summed E-state index contributed by atoms with van der Waals surface area (Å²) in [4.78, 5) is 25.0. The standard InChI is InChI=1S/C20H17N5O2S/c1-2-13-3-5-14(6-4-13)11-22-18(26)20-23-16(12-28-20)19-24-17(25-27-19)15-7-9-21-10-8-15/h3-10,12H,2,11H2,1H3,(H,22,26). The van der Waals surface area contributed by atoms with Gasteiger partial charge in [0.05, 0.1) is 0 Å². The highest BCUT2D eigenvalue weighted by molar-refractivity contribution is 7.12. The van der Waals surface area contributed by atoms with Gasteiger partial charge in [-0.05, 0) is 29.7 Å². The van der Waals surface area contributed by atoms with Crippen LogP contribution in [0.15, 0.2) is 58.7 Å². The Balaban J connectivity index is 1.42. The largest absolute Gasteiger partial charge is 0.346 e. The van der Waals surface area contributed by atoms with Gasteiger partial charge >= 0.3 is 0 Å². The molecule has 1 N–H and O–H groups in total. The minimum atomic E-state index is -0.232. The highest BCUT2D eigenvalue weighted by atomic mass is 32.1. The number of rotatable bonds is 6. The number of hydrogen-bond acceptors (Lipinski definition) is 7. The van der Waals surface area contributed by atoms with Gasteiger partial charge in [0, 0.05) is 29.9 Å². The maximum absolute atomic E-state index is 12.4. The molecule has 0 unspecified atom stereocenters. The Morgan fingerprint density at radius 3 is 2.57 bits per heavy atom. The van der Waals surface area contributed by atoms with Gasteiger partial charge in [-0.1, -0.05) is 36.3 Å². The fourth-order valence-electron chi connectivity index (χ4n) is 2.57. The molecule has 0 saturated carbocycles. The number of amides is 1. The van der Waals surface area contributed by atoms with Gasteiger partial charge in [0.2, 0.25) is 5.82 Å². The second-order valence-electron chi connectivity index (χ2n) is 6.05. The van der Waals surface area contributed by atoms with Crippen LogP contribution in [0.2, 0.25) is 0 Å². The number of pyridine rings is 1. The van der Waals surface area contributed by atoms with Crippen molar-refractivity contribution in [1.82, 2.24) is 25.4 Å². The van der Waals surface area contributed by atoms with Gasteiger partial charge in [-0.25, -0.2) is 4.98 Å². The number of benzene rings is 1. The van der Waals surface area contributed by atoms with Crippen molar-refractivity contribution < 1.29 is 9.32 Å². The van der Waals surface area contributed by atoms with Gasteiger partial charge < -0.3 is 9.84 Å². The van der Waals surface area contributed by atoms with Crippen LogP contribution in [0, 0.1) is 0 Å². The van der Waals surface area contributed by atoms with Crippen LogP contribution in [0.3, 0.4) is 0 Å². The van der Waals surface area contributed by atoms with Crippen molar-refractivity contribution in [3.63, 3.8) is 0 Å². The lowest BCUT2D eigenvalue weighted by Gasteiger charge is -2.04. The normalized spacial score (nSPS) is 10.8. The molecule has 3 heterocycles. The maximum Gasteiger partial charge on any atom is 0.280 e. The summed E-state index contributed by atoms with van der Waals surface area (Å²) >= 11 is 1.24. The van der Waals surface area contributed by atoms with E-state index in [0.29, 0.717) is 23.1 Å². The summed E-state index contributed by atoms with van der Waals surface area (Å²) in [5.41, 5.74) is 3.59. The van der Waals surface area contributed by atoms with Gasteiger partial charge in [-0.2, -0.15) is 4.98 Å². The number of nitrogens with one attached hydrogen (secondary N) is 1. The number of hydrogen-bond donors (Lipinski definition) is 1. The first-order chi connectivity index (χ1) is 13.7. The second-order valence-corrected chi connectivity index (χ2v) is 6.91. The topological polar surface area (TPSA) is 93.8 Å². The molecule has 8 heteroatoms. The smallest absolute Gasteiger partial charge is 0.280 e. The summed E-state index contributed by atoms with van der Waals surface area (Å²) in [6, 6.07) is 11.8. The fraction of sp³-hybridized carbons (Fsp3) is 0.150. The van der Waals surface area contributed by atoms with Crippen LogP contribution < -0.4 is 5.32 Å². The molecule has 0 aliphatic heterocycles. The van der Waals surface area contributed by atoms with Crippen molar-refractivity contribution in [1.29, 1.82) is 0 Å². The van der Waals surface area contributed by atoms with Gasteiger partial charge in [-0.15, -0.1) is 11.3 Å². The molecule has 1 amide bonds. The Morgan fingerprint density at radius 2 is 1.82 bits per heavy atom. The predicted molar refractivity (Wildman–Crippen MR) is 106 cm³/mol. The molecule has 0 fully saturated rings. The van der Waals surface area contributed by atoms with Crippen molar-refractivity contribution >= 4 is 17.2 Å². The molecule has 28 heavy (non-hydrogen) atoms. The first-order valence-electron chi connectivity index (χ1n) is 8.79.